The van der Waals surface area contributed by atoms with E-state index >= 15 is 0 Å². The quantitative estimate of drug-likeness (QED) is 0.463. The topological polar surface area (TPSA) is 50.8 Å². The van der Waals surface area contributed by atoms with Gasteiger partial charge in [0.05, 0.1) is 19.8 Å². The van der Waals surface area contributed by atoms with Gasteiger partial charge in [0.15, 0.2) is 5.96 Å². The molecule has 0 amide bonds. The zero-order chi connectivity index (χ0) is 13.8. The normalized spacial score (nSPS) is 20.8. The third-order valence-electron chi connectivity index (χ3n) is 3.75. The molecule has 0 aromatic heterocycles. The number of hydrogen-bond acceptors (Lipinski definition) is 3. The standard InChI is InChI=1S/C15H21N3OS.HI/c16-14(18-8-10-19-11-9-18)17-12-15(6-7-15)20-13-4-2-1-3-5-13;/h1-5H,6-12H2,(H2,16,17);1H. The molecular formula is C15H22IN3OS. The molecule has 0 spiro atoms. The van der Waals surface area contributed by atoms with Crippen LogP contribution in [0.5, 0.6) is 0 Å². The highest BCUT2D eigenvalue weighted by molar-refractivity contribution is 14.0. The third-order valence-corrected chi connectivity index (χ3v) is 5.23. The van der Waals surface area contributed by atoms with Crippen LogP contribution in [0, 0.1) is 0 Å². The zero-order valence-electron chi connectivity index (χ0n) is 12.0. The minimum atomic E-state index is 0. The van der Waals surface area contributed by atoms with Crippen molar-refractivity contribution in [2.24, 2.45) is 10.7 Å². The van der Waals surface area contributed by atoms with E-state index in [1.165, 1.54) is 17.7 Å². The molecule has 3 rings (SSSR count). The van der Waals surface area contributed by atoms with E-state index in [1.54, 1.807) is 0 Å². The van der Waals surface area contributed by atoms with Gasteiger partial charge in [-0.15, -0.1) is 35.7 Å². The Morgan fingerprint density at radius 2 is 1.90 bits per heavy atom. The Kier molecular flexibility index (Phi) is 6.19. The van der Waals surface area contributed by atoms with Crippen molar-refractivity contribution in [1.82, 2.24) is 4.90 Å². The van der Waals surface area contributed by atoms with Crippen LogP contribution in [0.4, 0.5) is 0 Å². The van der Waals surface area contributed by atoms with Crippen LogP contribution < -0.4 is 5.73 Å². The van der Waals surface area contributed by atoms with Crippen molar-refractivity contribution in [3.05, 3.63) is 30.3 Å². The predicted molar refractivity (Wildman–Crippen MR) is 98.6 cm³/mol. The first-order chi connectivity index (χ1) is 9.77. The van der Waals surface area contributed by atoms with Crippen LogP contribution in [0.25, 0.3) is 0 Å². The van der Waals surface area contributed by atoms with Gasteiger partial charge in [-0.1, -0.05) is 18.2 Å². The van der Waals surface area contributed by atoms with Crippen molar-refractivity contribution in [1.29, 1.82) is 0 Å². The fourth-order valence-electron chi connectivity index (χ4n) is 2.29. The fraction of sp³-hybridized carbons (Fsp3) is 0.533. The summed E-state index contributed by atoms with van der Waals surface area (Å²) in [7, 11) is 0. The maximum atomic E-state index is 6.09. The lowest BCUT2D eigenvalue weighted by atomic mass is 10.4. The van der Waals surface area contributed by atoms with Crippen molar-refractivity contribution in [2.75, 3.05) is 32.8 Å². The Morgan fingerprint density at radius 3 is 2.52 bits per heavy atom. The monoisotopic (exact) mass is 419 g/mol. The minimum Gasteiger partial charge on any atom is -0.378 e. The van der Waals surface area contributed by atoms with Gasteiger partial charge in [0.1, 0.15) is 0 Å². The number of thioether (sulfide) groups is 1. The maximum absolute atomic E-state index is 6.09. The van der Waals surface area contributed by atoms with Gasteiger partial charge in [-0.2, -0.15) is 0 Å². The first-order valence-corrected chi connectivity index (χ1v) is 7.96. The number of rotatable bonds is 4. The lowest BCUT2D eigenvalue weighted by molar-refractivity contribution is 0.0674. The second-order valence-corrected chi connectivity index (χ2v) is 6.91. The Bertz CT molecular complexity index is 473. The Morgan fingerprint density at radius 1 is 1.24 bits per heavy atom. The predicted octanol–water partition coefficient (Wildman–Crippen LogP) is 2.58. The van der Waals surface area contributed by atoms with Crippen LogP contribution in [0.2, 0.25) is 0 Å². The molecule has 1 aromatic carbocycles. The van der Waals surface area contributed by atoms with Crippen LogP contribution in [0.1, 0.15) is 12.8 Å². The molecule has 1 aliphatic carbocycles. The summed E-state index contributed by atoms with van der Waals surface area (Å²) in [6.07, 6.45) is 2.46. The summed E-state index contributed by atoms with van der Waals surface area (Å²) < 4.78 is 5.61. The average Bonchev–Trinajstić information content (AvgIpc) is 3.27. The molecular weight excluding hydrogens is 397 g/mol. The van der Waals surface area contributed by atoms with Gasteiger partial charge in [-0.25, -0.2) is 0 Å². The van der Waals surface area contributed by atoms with Crippen LogP contribution in [-0.4, -0.2) is 48.5 Å². The number of halogens is 1. The molecule has 21 heavy (non-hydrogen) atoms. The molecule has 0 atom stereocenters. The molecule has 0 unspecified atom stereocenters. The first-order valence-electron chi connectivity index (χ1n) is 7.14. The highest BCUT2D eigenvalue weighted by atomic mass is 127. The van der Waals surface area contributed by atoms with Gasteiger partial charge >= 0.3 is 0 Å². The van der Waals surface area contributed by atoms with E-state index in [-0.39, 0.29) is 28.7 Å². The maximum Gasteiger partial charge on any atom is 0.191 e. The van der Waals surface area contributed by atoms with Crippen LogP contribution >= 0.6 is 35.7 Å². The van der Waals surface area contributed by atoms with Crippen LogP contribution in [-0.2, 0) is 4.74 Å². The molecule has 1 aliphatic heterocycles. The van der Waals surface area contributed by atoms with Gasteiger partial charge in [0.25, 0.3) is 0 Å². The van der Waals surface area contributed by atoms with Gasteiger partial charge in [-0.05, 0) is 25.0 Å². The lowest BCUT2D eigenvalue weighted by Crippen LogP contribution is -2.45. The molecule has 2 N–H and O–H groups in total. The number of guanidine groups is 1. The van der Waals surface area contributed by atoms with Crippen molar-refractivity contribution in [3.8, 4) is 0 Å². The largest absolute Gasteiger partial charge is 0.378 e. The molecule has 116 valence electrons. The van der Waals surface area contributed by atoms with Gasteiger partial charge in [0.2, 0.25) is 0 Å². The van der Waals surface area contributed by atoms with E-state index in [0.29, 0.717) is 5.96 Å². The van der Waals surface area contributed by atoms with E-state index in [1.807, 2.05) is 11.8 Å². The zero-order valence-corrected chi connectivity index (χ0v) is 15.2. The number of hydrogen-bond donors (Lipinski definition) is 1. The molecule has 0 bridgehead atoms. The summed E-state index contributed by atoms with van der Waals surface area (Å²) in [4.78, 5) is 8.06. The number of aliphatic imine (C=N–C) groups is 1. The molecule has 0 radical (unpaired) electrons. The summed E-state index contributed by atoms with van der Waals surface area (Å²) >= 11 is 1.94. The summed E-state index contributed by atoms with van der Waals surface area (Å²) in [5.41, 5.74) is 6.09. The fourth-order valence-corrected chi connectivity index (χ4v) is 3.52. The van der Waals surface area contributed by atoms with Crippen molar-refractivity contribution in [2.45, 2.75) is 22.5 Å². The Hall–Kier alpha value is -0.470. The van der Waals surface area contributed by atoms with E-state index in [4.69, 9.17) is 10.5 Å². The minimum absolute atomic E-state index is 0. The number of benzene rings is 1. The average molecular weight is 419 g/mol. The number of nitrogens with zero attached hydrogens (tertiary/aromatic N) is 2. The number of morpholine rings is 1. The van der Waals surface area contributed by atoms with E-state index in [2.05, 4.69) is 40.2 Å². The van der Waals surface area contributed by atoms with E-state index in [0.717, 1.165) is 32.8 Å². The second kappa shape index (κ2) is 7.69. The molecule has 2 aliphatic rings. The summed E-state index contributed by atoms with van der Waals surface area (Å²) in [5.74, 6) is 0.674. The molecule has 1 heterocycles. The summed E-state index contributed by atoms with van der Waals surface area (Å²) in [5, 5.41) is 0. The second-order valence-electron chi connectivity index (χ2n) is 5.37. The van der Waals surface area contributed by atoms with Crippen molar-refractivity contribution < 1.29 is 4.74 Å². The first kappa shape index (κ1) is 16.9. The summed E-state index contributed by atoms with van der Waals surface area (Å²) in [6, 6.07) is 10.6. The SMILES string of the molecule is I.NC(=NCC1(Sc2ccccc2)CC1)N1CCOCC1. The number of nitrogens with two attached hydrogens (primary N) is 1. The van der Waals surface area contributed by atoms with Crippen molar-refractivity contribution in [3.63, 3.8) is 0 Å². The molecule has 1 saturated carbocycles. The number of ether oxygens (including phenoxy) is 1. The Labute approximate surface area is 147 Å². The molecule has 1 saturated heterocycles. The molecule has 6 heteroatoms. The molecule has 4 nitrogen and oxygen atoms in total. The molecule has 1 aromatic rings. The highest BCUT2D eigenvalue weighted by Crippen LogP contribution is 2.51. The van der Waals surface area contributed by atoms with Crippen LogP contribution in [0.3, 0.4) is 0 Å². The van der Waals surface area contributed by atoms with Crippen LogP contribution in [0.15, 0.2) is 40.2 Å². The third kappa shape index (κ3) is 4.75. The van der Waals surface area contributed by atoms with E-state index < -0.39 is 0 Å². The van der Waals surface area contributed by atoms with E-state index in [9.17, 15) is 0 Å². The smallest absolute Gasteiger partial charge is 0.191 e. The van der Waals surface area contributed by atoms with Gasteiger partial charge in [0, 0.05) is 22.7 Å². The van der Waals surface area contributed by atoms with Gasteiger partial charge in [-0.3, -0.25) is 4.99 Å². The van der Waals surface area contributed by atoms with Gasteiger partial charge < -0.3 is 15.4 Å². The summed E-state index contributed by atoms with van der Waals surface area (Å²) in [6.45, 7) is 4.03. The lowest BCUT2D eigenvalue weighted by Gasteiger charge is -2.28. The highest BCUT2D eigenvalue weighted by Gasteiger charge is 2.43. The molecule has 2 fully saturated rings. The van der Waals surface area contributed by atoms with Crippen molar-refractivity contribution >= 4 is 41.7 Å². The Balaban J connectivity index is 0.00000161.